The number of hydrogen-bond acceptors (Lipinski definition) is 3. The van der Waals surface area contributed by atoms with E-state index in [1.807, 2.05) is 19.1 Å². The van der Waals surface area contributed by atoms with Crippen molar-refractivity contribution in [1.29, 1.82) is 0 Å². The highest BCUT2D eigenvalue weighted by Crippen LogP contribution is 2.13. The van der Waals surface area contributed by atoms with E-state index in [4.69, 9.17) is 4.74 Å². The fourth-order valence-electron chi connectivity index (χ4n) is 1.76. The number of hydrogen-bond donors (Lipinski definition) is 1. The Labute approximate surface area is 111 Å². The zero-order chi connectivity index (χ0) is 12.7. The normalized spacial score (nSPS) is 14.6. The molecule has 1 N–H and O–H groups in total. The first-order valence-electron chi connectivity index (χ1n) is 6.07. The molecule has 0 amide bonds. The minimum Gasteiger partial charge on any atom is -0.390 e. The molecular formula is C13H20BrNO2. The van der Waals surface area contributed by atoms with Crippen molar-refractivity contribution in [2.45, 2.75) is 45.3 Å². The van der Waals surface area contributed by atoms with Gasteiger partial charge in [-0.2, -0.15) is 0 Å². The van der Waals surface area contributed by atoms with E-state index in [1.54, 1.807) is 6.20 Å². The van der Waals surface area contributed by atoms with Crippen LogP contribution < -0.4 is 0 Å². The van der Waals surface area contributed by atoms with Gasteiger partial charge in [-0.3, -0.25) is 4.98 Å². The zero-order valence-electron chi connectivity index (χ0n) is 10.4. The van der Waals surface area contributed by atoms with E-state index in [9.17, 15) is 5.11 Å². The lowest BCUT2D eigenvalue weighted by molar-refractivity contribution is -0.0366. The summed E-state index contributed by atoms with van der Waals surface area (Å²) in [5.41, 5.74) is 0.890. The van der Waals surface area contributed by atoms with Crippen LogP contribution in [0.3, 0.4) is 0 Å². The highest BCUT2D eigenvalue weighted by molar-refractivity contribution is 9.10. The number of pyridine rings is 1. The summed E-state index contributed by atoms with van der Waals surface area (Å²) in [5.74, 6) is 0. The van der Waals surface area contributed by atoms with Crippen LogP contribution in [0.15, 0.2) is 22.8 Å². The number of aliphatic hydroxyl groups excluding tert-OH is 1. The van der Waals surface area contributed by atoms with Gasteiger partial charge < -0.3 is 9.84 Å². The third-order valence-electron chi connectivity index (χ3n) is 2.59. The Morgan fingerprint density at radius 3 is 2.71 bits per heavy atom. The molecule has 0 aliphatic carbocycles. The summed E-state index contributed by atoms with van der Waals surface area (Å²) in [5, 5.41) is 10.1. The van der Waals surface area contributed by atoms with Gasteiger partial charge in [0.05, 0.1) is 12.2 Å². The fraction of sp³-hybridized carbons (Fsp3) is 0.615. The van der Waals surface area contributed by atoms with Crippen molar-refractivity contribution in [3.05, 3.63) is 28.5 Å². The maximum absolute atomic E-state index is 10.1. The van der Waals surface area contributed by atoms with Gasteiger partial charge in [0, 0.05) is 29.4 Å². The molecule has 0 aromatic carbocycles. The van der Waals surface area contributed by atoms with Crippen molar-refractivity contribution in [3.8, 4) is 0 Å². The van der Waals surface area contributed by atoms with Crippen LogP contribution in [-0.2, 0) is 11.2 Å². The molecule has 1 aromatic rings. The molecule has 0 saturated heterocycles. The summed E-state index contributed by atoms with van der Waals surface area (Å²) in [7, 11) is 0. The highest BCUT2D eigenvalue weighted by Gasteiger charge is 2.19. The van der Waals surface area contributed by atoms with E-state index in [-0.39, 0.29) is 6.10 Å². The van der Waals surface area contributed by atoms with Crippen molar-refractivity contribution < 1.29 is 9.84 Å². The second-order valence-corrected chi connectivity index (χ2v) is 4.94. The Morgan fingerprint density at radius 2 is 2.18 bits per heavy atom. The predicted molar refractivity (Wildman–Crippen MR) is 72.0 cm³/mol. The lowest BCUT2D eigenvalue weighted by Gasteiger charge is -2.22. The Kier molecular flexibility index (Phi) is 6.70. The molecule has 0 aliphatic rings. The molecule has 3 nitrogen and oxygen atoms in total. The molecule has 4 heteroatoms. The van der Waals surface area contributed by atoms with Crippen LogP contribution in [0, 0.1) is 0 Å². The van der Waals surface area contributed by atoms with E-state index in [1.165, 1.54) is 0 Å². The van der Waals surface area contributed by atoms with Gasteiger partial charge in [-0.15, -0.1) is 0 Å². The van der Waals surface area contributed by atoms with Gasteiger partial charge in [0.1, 0.15) is 0 Å². The molecule has 0 bridgehead atoms. The second-order valence-electron chi connectivity index (χ2n) is 4.02. The van der Waals surface area contributed by atoms with E-state index < -0.39 is 6.10 Å². The highest BCUT2D eigenvalue weighted by atomic mass is 79.9. The van der Waals surface area contributed by atoms with Crippen LogP contribution in [0.25, 0.3) is 0 Å². The maximum Gasteiger partial charge on any atom is 0.0857 e. The Bertz CT molecular complexity index is 310. The number of halogens is 1. The minimum absolute atomic E-state index is 0.0875. The number of aromatic nitrogens is 1. The number of ether oxygens (including phenoxy) is 1. The second kappa shape index (κ2) is 7.80. The Hall–Kier alpha value is -0.450. The summed E-state index contributed by atoms with van der Waals surface area (Å²) in [6.07, 6.45) is 3.61. The summed E-state index contributed by atoms with van der Waals surface area (Å²) in [4.78, 5) is 4.26. The van der Waals surface area contributed by atoms with E-state index in [0.29, 0.717) is 13.0 Å². The van der Waals surface area contributed by atoms with E-state index in [2.05, 4.69) is 27.8 Å². The summed E-state index contributed by atoms with van der Waals surface area (Å²) in [6, 6.07) is 3.85. The third kappa shape index (κ3) is 5.15. The number of rotatable bonds is 7. The molecule has 1 heterocycles. The lowest BCUT2D eigenvalue weighted by Crippen LogP contribution is -2.31. The molecule has 1 rings (SSSR count). The first-order chi connectivity index (χ1) is 8.17. The van der Waals surface area contributed by atoms with Gasteiger partial charge in [-0.1, -0.05) is 13.3 Å². The predicted octanol–water partition coefficient (Wildman–Crippen LogP) is 2.95. The van der Waals surface area contributed by atoms with Crippen LogP contribution in [0.2, 0.25) is 0 Å². The van der Waals surface area contributed by atoms with Gasteiger partial charge >= 0.3 is 0 Å². The number of aliphatic hydroxyl groups is 1. The van der Waals surface area contributed by atoms with Crippen molar-refractivity contribution in [1.82, 2.24) is 4.98 Å². The largest absolute Gasteiger partial charge is 0.390 e. The van der Waals surface area contributed by atoms with E-state index >= 15 is 0 Å². The van der Waals surface area contributed by atoms with Gasteiger partial charge in [0.2, 0.25) is 0 Å². The topological polar surface area (TPSA) is 42.4 Å². The van der Waals surface area contributed by atoms with Gasteiger partial charge in [0.25, 0.3) is 0 Å². The van der Waals surface area contributed by atoms with Crippen LogP contribution in [-0.4, -0.2) is 28.9 Å². The van der Waals surface area contributed by atoms with Crippen molar-refractivity contribution in [3.63, 3.8) is 0 Å². The van der Waals surface area contributed by atoms with Crippen LogP contribution >= 0.6 is 15.9 Å². The molecular weight excluding hydrogens is 282 g/mol. The molecule has 0 saturated carbocycles. The monoisotopic (exact) mass is 301 g/mol. The summed E-state index contributed by atoms with van der Waals surface area (Å²) in [6.45, 7) is 4.68. The molecule has 0 radical (unpaired) electrons. The Balaban J connectivity index is 2.55. The minimum atomic E-state index is -0.483. The molecule has 1 aromatic heterocycles. The third-order valence-corrected chi connectivity index (χ3v) is 3.06. The standard InChI is InChI=1S/C13H20BrNO2/c1-3-5-13(17-4-2)12(16)8-11-7-6-10(14)9-15-11/h6-7,9,12-13,16H,3-5,8H2,1-2H3. The molecule has 17 heavy (non-hydrogen) atoms. The zero-order valence-corrected chi connectivity index (χ0v) is 12.0. The fourth-order valence-corrected chi connectivity index (χ4v) is 1.99. The Morgan fingerprint density at radius 1 is 1.41 bits per heavy atom. The SMILES string of the molecule is CCCC(OCC)C(O)Cc1ccc(Br)cn1. The van der Waals surface area contributed by atoms with Gasteiger partial charge in [0.15, 0.2) is 0 Å². The average Bonchev–Trinajstić information content (AvgIpc) is 2.32. The van der Waals surface area contributed by atoms with Crippen LogP contribution in [0.5, 0.6) is 0 Å². The molecule has 0 spiro atoms. The first kappa shape index (κ1) is 14.6. The smallest absolute Gasteiger partial charge is 0.0857 e. The molecule has 0 aliphatic heterocycles. The molecule has 2 unspecified atom stereocenters. The lowest BCUT2D eigenvalue weighted by atomic mass is 10.0. The molecule has 96 valence electrons. The average molecular weight is 302 g/mol. The van der Waals surface area contributed by atoms with Crippen molar-refractivity contribution in [2.24, 2.45) is 0 Å². The van der Waals surface area contributed by atoms with Gasteiger partial charge in [-0.25, -0.2) is 0 Å². The quantitative estimate of drug-likeness (QED) is 0.842. The maximum atomic E-state index is 10.1. The van der Waals surface area contributed by atoms with Crippen LogP contribution in [0.4, 0.5) is 0 Å². The van der Waals surface area contributed by atoms with E-state index in [0.717, 1.165) is 23.0 Å². The van der Waals surface area contributed by atoms with Crippen molar-refractivity contribution >= 4 is 15.9 Å². The first-order valence-corrected chi connectivity index (χ1v) is 6.86. The summed E-state index contributed by atoms with van der Waals surface area (Å²) < 4.78 is 6.50. The van der Waals surface area contributed by atoms with Crippen molar-refractivity contribution in [2.75, 3.05) is 6.61 Å². The summed E-state index contributed by atoms with van der Waals surface area (Å²) >= 11 is 3.34. The van der Waals surface area contributed by atoms with Crippen LogP contribution in [0.1, 0.15) is 32.4 Å². The molecule has 0 fully saturated rings. The molecule has 2 atom stereocenters. The number of nitrogens with zero attached hydrogens (tertiary/aromatic N) is 1. The van der Waals surface area contributed by atoms with Gasteiger partial charge in [-0.05, 0) is 41.4 Å².